The highest BCUT2D eigenvalue weighted by Crippen LogP contribution is 2.26. The van der Waals surface area contributed by atoms with Gasteiger partial charge in [0, 0.05) is 32.3 Å². The first-order valence-corrected chi connectivity index (χ1v) is 9.54. The number of para-hydroxylation sites is 2. The van der Waals surface area contributed by atoms with Gasteiger partial charge in [-0.25, -0.2) is 4.98 Å². The second-order valence-corrected chi connectivity index (χ2v) is 7.27. The summed E-state index contributed by atoms with van der Waals surface area (Å²) in [6.45, 7) is 1.97. The molecule has 2 aliphatic heterocycles. The Hall–Kier alpha value is -3.29. The minimum Gasteiger partial charge on any atom is -0.335 e. The van der Waals surface area contributed by atoms with Gasteiger partial charge in [0.1, 0.15) is 5.69 Å². The predicted octanol–water partition coefficient (Wildman–Crippen LogP) is 2.04. The van der Waals surface area contributed by atoms with Gasteiger partial charge in [0.25, 0.3) is 5.91 Å². The summed E-state index contributed by atoms with van der Waals surface area (Å²) in [5.41, 5.74) is 2.70. The first-order valence-electron chi connectivity index (χ1n) is 9.54. The van der Waals surface area contributed by atoms with Crippen LogP contribution >= 0.6 is 0 Å². The zero-order valence-electron chi connectivity index (χ0n) is 15.4. The molecular weight excluding hydrogens is 356 g/mol. The SMILES string of the molecule is O=C(c1cnc2ccccc2n1)N1CCC(n2cc(N3CCCC3=O)cn2)C1. The average Bonchev–Trinajstić information content (AvgIpc) is 3.47. The molecule has 5 rings (SSSR count). The van der Waals surface area contributed by atoms with Crippen LogP contribution in [0.25, 0.3) is 11.0 Å². The van der Waals surface area contributed by atoms with Gasteiger partial charge in [-0.15, -0.1) is 0 Å². The molecule has 0 saturated carbocycles. The molecule has 0 bridgehead atoms. The standard InChI is InChI=1S/C20H20N6O2/c27-19-6-3-8-25(19)15-10-22-26(13-15)14-7-9-24(12-14)20(28)18-11-21-16-4-1-2-5-17(16)23-18/h1-2,4-5,10-11,13-14H,3,6-9,12H2. The lowest BCUT2D eigenvalue weighted by molar-refractivity contribution is -0.117. The van der Waals surface area contributed by atoms with Crippen LogP contribution in [0.15, 0.2) is 42.9 Å². The number of carbonyl (C=O) groups excluding carboxylic acids is 2. The molecule has 0 N–H and O–H groups in total. The van der Waals surface area contributed by atoms with E-state index in [0.717, 1.165) is 36.1 Å². The number of amides is 2. The Balaban J connectivity index is 1.30. The summed E-state index contributed by atoms with van der Waals surface area (Å²) < 4.78 is 1.88. The Kier molecular flexibility index (Phi) is 4.03. The monoisotopic (exact) mass is 376 g/mol. The lowest BCUT2D eigenvalue weighted by atomic mass is 10.3. The van der Waals surface area contributed by atoms with Gasteiger partial charge in [-0.1, -0.05) is 12.1 Å². The quantitative estimate of drug-likeness (QED) is 0.698. The molecule has 3 aromatic rings. The summed E-state index contributed by atoms with van der Waals surface area (Å²) in [4.78, 5) is 37.2. The fourth-order valence-corrected chi connectivity index (χ4v) is 3.95. The van der Waals surface area contributed by atoms with Crippen LogP contribution in [0.2, 0.25) is 0 Å². The Bertz CT molecular complexity index is 1060. The van der Waals surface area contributed by atoms with Gasteiger partial charge in [0.05, 0.1) is 35.2 Å². The highest BCUT2D eigenvalue weighted by Gasteiger charge is 2.30. The van der Waals surface area contributed by atoms with E-state index in [1.807, 2.05) is 35.1 Å². The van der Waals surface area contributed by atoms with Gasteiger partial charge in [0.2, 0.25) is 5.91 Å². The first kappa shape index (κ1) is 16.9. The van der Waals surface area contributed by atoms with Crippen LogP contribution in [0.4, 0.5) is 5.69 Å². The van der Waals surface area contributed by atoms with Gasteiger partial charge in [-0.3, -0.25) is 19.3 Å². The fourth-order valence-electron chi connectivity index (χ4n) is 3.95. The number of likely N-dealkylation sites (tertiary alicyclic amines) is 1. The third kappa shape index (κ3) is 2.90. The molecule has 2 amide bonds. The Morgan fingerprint density at radius 3 is 2.79 bits per heavy atom. The van der Waals surface area contributed by atoms with Crippen LogP contribution in [-0.4, -0.2) is 56.1 Å². The van der Waals surface area contributed by atoms with Crippen molar-refractivity contribution in [3.05, 3.63) is 48.5 Å². The highest BCUT2D eigenvalue weighted by atomic mass is 16.2. The van der Waals surface area contributed by atoms with Crippen molar-refractivity contribution >= 4 is 28.5 Å². The van der Waals surface area contributed by atoms with Crippen molar-refractivity contribution in [3.63, 3.8) is 0 Å². The van der Waals surface area contributed by atoms with Crippen molar-refractivity contribution in [1.29, 1.82) is 0 Å². The van der Waals surface area contributed by atoms with E-state index in [1.165, 1.54) is 0 Å². The number of benzene rings is 1. The van der Waals surface area contributed by atoms with E-state index >= 15 is 0 Å². The van der Waals surface area contributed by atoms with Gasteiger partial charge < -0.3 is 9.80 Å². The van der Waals surface area contributed by atoms with Crippen LogP contribution in [0.3, 0.4) is 0 Å². The van der Waals surface area contributed by atoms with Crippen LogP contribution in [-0.2, 0) is 4.79 Å². The minimum atomic E-state index is -0.108. The zero-order chi connectivity index (χ0) is 19.1. The molecule has 2 saturated heterocycles. The second kappa shape index (κ2) is 6.70. The van der Waals surface area contributed by atoms with E-state index in [1.54, 1.807) is 22.2 Å². The number of rotatable bonds is 3. The van der Waals surface area contributed by atoms with Gasteiger partial charge in [-0.05, 0) is 25.0 Å². The van der Waals surface area contributed by atoms with Crippen molar-refractivity contribution in [3.8, 4) is 0 Å². The predicted molar refractivity (Wildman–Crippen MR) is 103 cm³/mol. The van der Waals surface area contributed by atoms with Gasteiger partial charge in [0.15, 0.2) is 0 Å². The lowest BCUT2D eigenvalue weighted by Crippen LogP contribution is -2.30. The Morgan fingerprint density at radius 1 is 1.11 bits per heavy atom. The van der Waals surface area contributed by atoms with E-state index in [-0.39, 0.29) is 17.9 Å². The maximum Gasteiger partial charge on any atom is 0.274 e. The van der Waals surface area contributed by atoms with Crippen LogP contribution in [0.5, 0.6) is 0 Å². The van der Waals surface area contributed by atoms with Crippen molar-refractivity contribution in [1.82, 2.24) is 24.6 Å². The number of hydrogen-bond donors (Lipinski definition) is 0. The molecule has 28 heavy (non-hydrogen) atoms. The average molecular weight is 376 g/mol. The molecule has 8 heteroatoms. The maximum atomic E-state index is 12.9. The van der Waals surface area contributed by atoms with E-state index in [2.05, 4.69) is 15.1 Å². The number of aromatic nitrogens is 4. The number of anilines is 1. The molecule has 2 aromatic heterocycles. The molecule has 2 aliphatic rings. The molecule has 1 atom stereocenters. The maximum absolute atomic E-state index is 12.9. The molecule has 4 heterocycles. The lowest BCUT2D eigenvalue weighted by Gasteiger charge is -2.16. The third-order valence-electron chi connectivity index (χ3n) is 5.47. The molecule has 0 aliphatic carbocycles. The van der Waals surface area contributed by atoms with Crippen LogP contribution in [0.1, 0.15) is 35.8 Å². The van der Waals surface area contributed by atoms with Crippen molar-refractivity contribution in [2.45, 2.75) is 25.3 Å². The molecule has 1 unspecified atom stereocenters. The van der Waals surface area contributed by atoms with E-state index < -0.39 is 0 Å². The smallest absolute Gasteiger partial charge is 0.274 e. The van der Waals surface area contributed by atoms with E-state index in [9.17, 15) is 9.59 Å². The molecule has 2 fully saturated rings. The summed E-state index contributed by atoms with van der Waals surface area (Å²) >= 11 is 0. The summed E-state index contributed by atoms with van der Waals surface area (Å²) in [5.74, 6) is 0.0421. The topological polar surface area (TPSA) is 84.2 Å². The fraction of sp³-hybridized carbons (Fsp3) is 0.350. The molecule has 8 nitrogen and oxygen atoms in total. The van der Waals surface area contributed by atoms with E-state index in [4.69, 9.17) is 0 Å². The first-order chi connectivity index (χ1) is 13.7. The Labute approximate surface area is 161 Å². The molecule has 0 radical (unpaired) electrons. The highest BCUT2D eigenvalue weighted by molar-refractivity contribution is 5.95. The minimum absolute atomic E-state index is 0.101. The zero-order valence-corrected chi connectivity index (χ0v) is 15.4. The van der Waals surface area contributed by atoms with Gasteiger partial charge >= 0.3 is 0 Å². The number of fused-ring (bicyclic) bond motifs is 1. The Morgan fingerprint density at radius 2 is 1.96 bits per heavy atom. The van der Waals surface area contributed by atoms with Crippen LogP contribution in [0, 0.1) is 0 Å². The second-order valence-electron chi connectivity index (χ2n) is 7.27. The number of carbonyl (C=O) groups is 2. The molecule has 1 aromatic carbocycles. The number of hydrogen-bond acceptors (Lipinski definition) is 5. The van der Waals surface area contributed by atoms with E-state index in [0.29, 0.717) is 25.2 Å². The molecule has 0 spiro atoms. The number of nitrogens with zero attached hydrogens (tertiary/aromatic N) is 6. The largest absolute Gasteiger partial charge is 0.335 e. The van der Waals surface area contributed by atoms with Gasteiger partial charge in [-0.2, -0.15) is 5.10 Å². The summed E-state index contributed by atoms with van der Waals surface area (Å²) in [5, 5.41) is 4.44. The molecule has 142 valence electrons. The van der Waals surface area contributed by atoms with Crippen molar-refractivity contribution in [2.75, 3.05) is 24.5 Å². The normalized spacial score (nSPS) is 19.7. The molecular formula is C20H20N6O2. The summed E-state index contributed by atoms with van der Waals surface area (Å²) in [6, 6.07) is 7.62. The summed E-state index contributed by atoms with van der Waals surface area (Å²) in [6.07, 6.45) is 7.51. The van der Waals surface area contributed by atoms with Crippen molar-refractivity contribution in [2.24, 2.45) is 0 Å². The van der Waals surface area contributed by atoms with Crippen molar-refractivity contribution < 1.29 is 9.59 Å². The third-order valence-corrected chi connectivity index (χ3v) is 5.47. The summed E-state index contributed by atoms with van der Waals surface area (Å²) in [7, 11) is 0. The van der Waals surface area contributed by atoms with Crippen LogP contribution < -0.4 is 4.90 Å².